The van der Waals surface area contributed by atoms with Crippen LogP contribution in [0.1, 0.15) is 123 Å². The Morgan fingerprint density at radius 2 is 1.42 bits per heavy atom. The summed E-state index contributed by atoms with van der Waals surface area (Å²) in [7, 11) is 0. The predicted octanol–water partition coefficient (Wildman–Crippen LogP) is 15.4. The molecule has 0 bridgehead atoms. The molecule has 1 N–H and O–H groups in total. The number of pyridine rings is 1. The van der Waals surface area contributed by atoms with Crippen molar-refractivity contribution in [2.24, 2.45) is 0 Å². The van der Waals surface area contributed by atoms with Crippen LogP contribution in [-0.2, 0) is 5.41 Å². The van der Waals surface area contributed by atoms with Crippen LogP contribution >= 0.6 is 0 Å². The molecular weight excluding hydrogens is 731 g/mol. The van der Waals surface area contributed by atoms with Crippen molar-refractivity contribution in [2.75, 3.05) is 0 Å². The summed E-state index contributed by atoms with van der Waals surface area (Å²) in [4.78, 5) is 9.89. The van der Waals surface area contributed by atoms with E-state index in [0.29, 0.717) is 39.1 Å². The van der Waals surface area contributed by atoms with E-state index in [2.05, 4.69) is 24.9 Å². The van der Waals surface area contributed by atoms with Gasteiger partial charge in [-0.05, 0) is 129 Å². The number of aromatic hydroxyl groups is 1. The van der Waals surface area contributed by atoms with E-state index in [4.69, 9.17) is 17.3 Å². The van der Waals surface area contributed by atoms with Gasteiger partial charge in [-0.25, -0.2) is 4.98 Å². The molecule has 4 heteroatoms. The lowest BCUT2D eigenvalue weighted by molar-refractivity contribution is 0.466. The van der Waals surface area contributed by atoms with Crippen molar-refractivity contribution >= 4 is 11.0 Å². The molecule has 0 aliphatic carbocycles. The number of hydrogen-bond donors (Lipinski definition) is 1. The minimum absolute atomic E-state index is 0.0123. The molecule has 0 saturated carbocycles. The largest absolute Gasteiger partial charge is 0.507 e. The number of imidazole rings is 1. The smallest absolute Gasteiger partial charge is 0.149 e. The minimum atomic E-state index is -2.97. The lowest BCUT2D eigenvalue weighted by Crippen LogP contribution is -2.11. The third kappa shape index (κ3) is 7.79. The Morgan fingerprint density at radius 1 is 0.667 bits per heavy atom. The van der Waals surface area contributed by atoms with Gasteiger partial charge in [0.15, 0.2) is 0 Å². The van der Waals surface area contributed by atoms with Gasteiger partial charge in [-0.1, -0.05) is 153 Å². The van der Waals surface area contributed by atoms with Crippen molar-refractivity contribution in [1.82, 2.24) is 14.5 Å². The molecule has 6 aromatic carbocycles. The standard InChI is InChI=1S/C56H57N3O/c1-34(2)41-30-49(36(5)6)54(60)50(31-41)55-58-53-47(17-14-18-52(53)59(55)45-23-24-46(48(33-45)35(3)4)39-15-12-11-13-16-39)42-27-43(29-44(28-42)56(8,9)10)51-32-40(25-26-57-51)38-21-19-37(7)20-22-38/h11-36,60H,1-10H3/i7D3,19D,20D,21D,22D,25D,26D,32D,35D. The average Bonchev–Trinajstić information content (AvgIpc) is 3.69. The summed E-state index contributed by atoms with van der Waals surface area (Å²) in [5, 5.41) is 12.2. The van der Waals surface area contributed by atoms with E-state index in [1.54, 1.807) is 0 Å². The number of nitrogens with zero attached hydrogens (tertiary/aromatic N) is 3. The van der Waals surface area contributed by atoms with Gasteiger partial charge >= 0.3 is 0 Å². The van der Waals surface area contributed by atoms with Gasteiger partial charge in [0.1, 0.15) is 11.6 Å². The van der Waals surface area contributed by atoms with Gasteiger partial charge in [-0.3, -0.25) is 9.55 Å². The molecule has 2 heterocycles. The molecule has 0 saturated heterocycles. The summed E-state index contributed by atoms with van der Waals surface area (Å²) >= 11 is 0. The van der Waals surface area contributed by atoms with E-state index < -0.39 is 71.7 Å². The molecule has 0 unspecified atom stereocenters. The molecule has 0 spiro atoms. The van der Waals surface area contributed by atoms with E-state index in [0.717, 1.165) is 39.1 Å². The molecule has 2 aromatic heterocycles. The highest BCUT2D eigenvalue weighted by atomic mass is 16.3. The van der Waals surface area contributed by atoms with Crippen molar-refractivity contribution in [3.05, 3.63) is 167 Å². The maximum Gasteiger partial charge on any atom is 0.149 e. The molecule has 0 amide bonds. The highest BCUT2D eigenvalue weighted by Crippen LogP contribution is 2.44. The molecule has 8 rings (SSSR count). The number of para-hydroxylation sites is 1. The van der Waals surface area contributed by atoms with Gasteiger partial charge in [0.2, 0.25) is 0 Å². The van der Waals surface area contributed by atoms with Crippen molar-refractivity contribution in [2.45, 2.75) is 92.3 Å². The number of hydrogen-bond acceptors (Lipinski definition) is 3. The van der Waals surface area contributed by atoms with Crippen LogP contribution in [0.15, 0.2) is 139 Å². The second-order valence-corrected chi connectivity index (χ2v) is 17.4. The van der Waals surface area contributed by atoms with E-state index >= 15 is 0 Å². The lowest BCUT2D eigenvalue weighted by atomic mass is 9.83. The number of rotatable bonds is 9. The molecule has 8 aromatic rings. The highest BCUT2D eigenvalue weighted by Gasteiger charge is 2.25. The molecule has 0 radical (unpaired) electrons. The average molecular weight is 799 g/mol. The third-order valence-electron chi connectivity index (χ3n) is 11.1. The van der Waals surface area contributed by atoms with Gasteiger partial charge in [-0.15, -0.1) is 0 Å². The van der Waals surface area contributed by atoms with Gasteiger partial charge in [-0.2, -0.15) is 0 Å². The first-order chi connectivity index (χ1) is 33.1. The number of phenolic OH excluding ortho intramolecular Hbond substituents is 1. The van der Waals surface area contributed by atoms with Crippen molar-refractivity contribution < 1.29 is 20.2 Å². The summed E-state index contributed by atoms with van der Waals surface area (Å²) in [5.74, 6) is -0.304. The van der Waals surface area contributed by atoms with Crippen LogP contribution in [0.4, 0.5) is 0 Å². The van der Waals surface area contributed by atoms with Crippen LogP contribution < -0.4 is 0 Å². The molecule has 0 aliphatic rings. The van der Waals surface area contributed by atoms with Gasteiger partial charge in [0, 0.05) is 28.5 Å². The second kappa shape index (κ2) is 16.1. The molecule has 0 aliphatic heterocycles. The van der Waals surface area contributed by atoms with Crippen LogP contribution in [-0.4, -0.2) is 19.6 Å². The fraction of sp³-hybridized carbons (Fsp3) is 0.250. The van der Waals surface area contributed by atoms with Crippen molar-refractivity contribution in [3.8, 4) is 67.5 Å². The minimum Gasteiger partial charge on any atom is -0.507 e. The van der Waals surface area contributed by atoms with Gasteiger partial charge in [0.25, 0.3) is 0 Å². The number of benzene rings is 6. The second-order valence-electron chi connectivity index (χ2n) is 17.4. The Labute approximate surface area is 372 Å². The van der Waals surface area contributed by atoms with E-state index in [1.807, 2.05) is 144 Å². The van der Waals surface area contributed by atoms with E-state index in [9.17, 15) is 7.85 Å². The summed E-state index contributed by atoms with van der Waals surface area (Å²) in [5.41, 5.74) is 7.47. The van der Waals surface area contributed by atoms with E-state index in [1.165, 1.54) is 0 Å². The zero-order valence-corrected chi connectivity index (χ0v) is 35.7. The first kappa shape index (κ1) is 29.0. The number of fused-ring (bicyclic) bond motifs is 1. The molecule has 4 nitrogen and oxygen atoms in total. The summed E-state index contributed by atoms with van der Waals surface area (Å²) in [6.07, 6.45) is -0.575. The Bertz CT molecular complexity index is 3390. The van der Waals surface area contributed by atoms with Crippen LogP contribution in [0.3, 0.4) is 0 Å². The zero-order valence-electron chi connectivity index (χ0n) is 46.7. The van der Waals surface area contributed by atoms with Gasteiger partial charge < -0.3 is 5.11 Å². The van der Waals surface area contributed by atoms with Crippen LogP contribution in [0.2, 0.25) is 0 Å². The Kier molecular flexibility index (Phi) is 7.78. The first-order valence-corrected chi connectivity index (χ1v) is 20.5. The SMILES string of the molecule is [2H]c1nc(-c2cc(-c3cccc4c3nc(-c3cc(C(C)C)cc(C(C)C)c3O)n4-c3ccc(-c4ccccc4)c(C([2H])(C)C)c3)cc(C(C)(C)C)c2)c([2H])c(-c2c([2H])c([2H])c(C([2H])([2H])[2H])c([2H])c2[2H])c1[2H]. The molecular formula is C56H57N3O. The molecule has 60 heavy (non-hydrogen) atoms. The summed E-state index contributed by atoms with van der Waals surface area (Å²) in [6, 6.07) is 27.5. The maximum atomic E-state index is 12.2. The Hall–Kier alpha value is -6.26. The topological polar surface area (TPSA) is 50.9 Å². The van der Waals surface area contributed by atoms with Crippen LogP contribution in [0.25, 0.3) is 72.7 Å². The Morgan fingerprint density at radius 3 is 2.10 bits per heavy atom. The fourth-order valence-corrected chi connectivity index (χ4v) is 7.72. The normalized spacial score (nSPS) is 15.0. The van der Waals surface area contributed by atoms with E-state index in [-0.39, 0.29) is 28.8 Å². The van der Waals surface area contributed by atoms with Gasteiger partial charge in [0.05, 0.1) is 31.9 Å². The highest BCUT2D eigenvalue weighted by molar-refractivity contribution is 5.97. The van der Waals surface area contributed by atoms with Crippen molar-refractivity contribution in [1.29, 1.82) is 0 Å². The summed E-state index contributed by atoms with van der Waals surface area (Å²) in [6.45, 7) is 15.2. The van der Waals surface area contributed by atoms with Crippen LogP contribution in [0.5, 0.6) is 5.75 Å². The first-order valence-electron chi connectivity index (χ1n) is 26.0. The van der Waals surface area contributed by atoms with Crippen molar-refractivity contribution in [3.63, 3.8) is 0 Å². The monoisotopic (exact) mass is 799 g/mol. The third-order valence-corrected chi connectivity index (χ3v) is 11.1. The number of phenols is 1. The zero-order chi connectivity index (χ0) is 52.0. The van der Waals surface area contributed by atoms with Crippen LogP contribution in [0, 0.1) is 6.85 Å². The predicted molar refractivity (Wildman–Crippen MR) is 253 cm³/mol. The lowest BCUT2D eigenvalue weighted by Gasteiger charge is -2.22. The molecule has 0 fully saturated rings. The molecule has 302 valence electrons. The molecule has 0 atom stereocenters. The summed E-state index contributed by atoms with van der Waals surface area (Å²) < 4.78 is 97.4. The fourth-order valence-electron chi connectivity index (χ4n) is 7.72. The maximum absolute atomic E-state index is 12.2. The Balaban J connectivity index is 1.44. The number of aromatic nitrogens is 3. The quantitative estimate of drug-likeness (QED) is 0.158.